The lowest BCUT2D eigenvalue weighted by atomic mass is 9.94. The Bertz CT molecular complexity index is 578. The van der Waals surface area contributed by atoms with Crippen molar-refractivity contribution in [2.45, 2.75) is 33.7 Å². The zero-order valence-electron chi connectivity index (χ0n) is 13.7. The highest BCUT2D eigenvalue weighted by molar-refractivity contribution is 5.40. The number of hydrogen-bond acceptors (Lipinski definition) is 2. The quantitative estimate of drug-likeness (QED) is 0.885. The van der Waals surface area contributed by atoms with Gasteiger partial charge >= 0.3 is 0 Å². The van der Waals surface area contributed by atoms with Gasteiger partial charge in [0.1, 0.15) is 12.4 Å². The average Bonchev–Trinajstić information content (AvgIpc) is 2.43. The molecule has 0 aliphatic heterocycles. The number of nitrogens with one attached hydrogen (secondary N) is 1. The van der Waals surface area contributed by atoms with Crippen molar-refractivity contribution in [3.63, 3.8) is 0 Å². The Morgan fingerprint density at radius 1 is 0.905 bits per heavy atom. The normalized spacial score (nSPS) is 12.2. The molecule has 2 heteroatoms. The van der Waals surface area contributed by atoms with Crippen LogP contribution in [0.1, 0.15) is 33.9 Å². The van der Waals surface area contributed by atoms with Crippen LogP contribution in [0.3, 0.4) is 0 Å². The molecule has 0 spiro atoms. The molecule has 1 N–H and O–H groups in total. The Labute approximate surface area is 128 Å². The van der Waals surface area contributed by atoms with Crippen molar-refractivity contribution >= 4 is 0 Å². The SMILES string of the molecule is CNC(COc1ccc(C)cc1)c1c(C)cc(C)cc1C. The van der Waals surface area contributed by atoms with Crippen LogP contribution in [-0.2, 0) is 0 Å². The average molecular weight is 283 g/mol. The van der Waals surface area contributed by atoms with Gasteiger partial charge in [-0.1, -0.05) is 35.4 Å². The van der Waals surface area contributed by atoms with E-state index in [0.29, 0.717) is 6.61 Å². The molecule has 2 rings (SSSR count). The van der Waals surface area contributed by atoms with Gasteiger partial charge in [0.2, 0.25) is 0 Å². The molecule has 0 amide bonds. The summed E-state index contributed by atoms with van der Waals surface area (Å²) in [5.41, 5.74) is 6.54. The molecule has 0 fully saturated rings. The summed E-state index contributed by atoms with van der Waals surface area (Å²) in [4.78, 5) is 0. The van der Waals surface area contributed by atoms with Crippen molar-refractivity contribution < 1.29 is 4.74 Å². The van der Waals surface area contributed by atoms with Crippen LogP contribution in [0.2, 0.25) is 0 Å². The molecule has 112 valence electrons. The van der Waals surface area contributed by atoms with Crippen molar-refractivity contribution in [2.75, 3.05) is 13.7 Å². The minimum atomic E-state index is 0.201. The van der Waals surface area contributed by atoms with Gasteiger partial charge in [0.25, 0.3) is 0 Å². The number of hydrogen-bond donors (Lipinski definition) is 1. The van der Waals surface area contributed by atoms with E-state index in [1.807, 2.05) is 19.2 Å². The summed E-state index contributed by atoms with van der Waals surface area (Å²) >= 11 is 0. The van der Waals surface area contributed by atoms with Crippen molar-refractivity contribution in [1.82, 2.24) is 5.32 Å². The highest BCUT2D eigenvalue weighted by atomic mass is 16.5. The standard InChI is InChI=1S/C19H25NO/c1-13-6-8-17(9-7-13)21-12-18(20-5)19-15(3)10-14(2)11-16(19)4/h6-11,18,20H,12H2,1-5H3. The first-order valence-corrected chi connectivity index (χ1v) is 7.45. The van der Waals surface area contributed by atoms with Gasteiger partial charge in [-0.3, -0.25) is 0 Å². The van der Waals surface area contributed by atoms with E-state index in [1.165, 1.54) is 27.8 Å². The molecule has 0 aliphatic rings. The molecular formula is C19H25NO. The molecule has 0 bridgehead atoms. The Hall–Kier alpha value is -1.80. The van der Waals surface area contributed by atoms with Crippen LogP contribution in [0.25, 0.3) is 0 Å². The van der Waals surface area contributed by atoms with Crippen LogP contribution < -0.4 is 10.1 Å². The third-order valence-electron chi connectivity index (χ3n) is 3.87. The summed E-state index contributed by atoms with van der Waals surface area (Å²) < 4.78 is 5.95. The fraction of sp³-hybridized carbons (Fsp3) is 0.368. The molecule has 1 atom stereocenters. The van der Waals surface area contributed by atoms with E-state index in [9.17, 15) is 0 Å². The summed E-state index contributed by atoms with van der Waals surface area (Å²) in [6.07, 6.45) is 0. The first-order valence-electron chi connectivity index (χ1n) is 7.45. The van der Waals surface area contributed by atoms with E-state index in [-0.39, 0.29) is 6.04 Å². The summed E-state index contributed by atoms with van der Waals surface area (Å²) in [7, 11) is 1.99. The Kier molecular flexibility index (Phi) is 5.03. The van der Waals surface area contributed by atoms with E-state index in [4.69, 9.17) is 4.74 Å². The van der Waals surface area contributed by atoms with Gasteiger partial charge in [0, 0.05) is 0 Å². The lowest BCUT2D eigenvalue weighted by Crippen LogP contribution is -2.25. The summed E-state index contributed by atoms with van der Waals surface area (Å²) in [5.74, 6) is 0.920. The van der Waals surface area contributed by atoms with Gasteiger partial charge in [-0.15, -0.1) is 0 Å². The minimum Gasteiger partial charge on any atom is -0.492 e. The Balaban J connectivity index is 2.15. The van der Waals surface area contributed by atoms with E-state index >= 15 is 0 Å². The zero-order valence-corrected chi connectivity index (χ0v) is 13.7. The van der Waals surface area contributed by atoms with Crippen LogP contribution >= 0.6 is 0 Å². The molecule has 0 aromatic heterocycles. The molecule has 21 heavy (non-hydrogen) atoms. The summed E-state index contributed by atoms with van der Waals surface area (Å²) in [6.45, 7) is 9.20. The predicted octanol–water partition coefficient (Wildman–Crippen LogP) is 4.26. The molecule has 0 heterocycles. The molecule has 2 aromatic carbocycles. The Morgan fingerprint density at radius 2 is 1.48 bits per heavy atom. The van der Waals surface area contributed by atoms with Gasteiger partial charge in [-0.25, -0.2) is 0 Å². The fourth-order valence-corrected chi connectivity index (χ4v) is 2.87. The number of ether oxygens (including phenoxy) is 1. The highest BCUT2D eigenvalue weighted by Gasteiger charge is 2.15. The topological polar surface area (TPSA) is 21.3 Å². The first-order chi connectivity index (χ1) is 10.0. The molecular weight excluding hydrogens is 258 g/mol. The van der Waals surface area contributed by atoms with Gasteiger partial charge in [-0.2, -0.15) is 0 Å². The Morgan fingerprint density at radius 3 is 2.00 bits per heavy atom. The lowest BCUT2D eigenvalue weighted by molar-refractivity contribution is 0.272. The predicted molar refractivity (Wildman–Crippen MR) is 89.1 cm³/mol. The maximum absolute atomic E-state index is 5.95. The lowest BCUT2D eigenvalue weighted by Gasteiger charge is -2.22. The largest absolute Gasteiger partial charge is 0.492 e. The number of benzene rings is 2. The molecule has 2 nitrogen and oxygen atoms in total. The third-order valence-corrected chi connectivity index (χ3v) is 3.87. The van der Waals surface area contributed by atoms with Gasteiger partial charge in [0.05, 0.1) is 6.04 Å². The minimum absolute atomic E-state index is 0.201. The van der Waals surface area contributed by atoms with Crippen LogP contribution in [0.4, 0.5) is 0 Å². The molecule has 0 saturated heterocycles. The molecule has 0 aliphatic carbocycles. The fourth-order valence-electron chi connectivity index (χ4n) is 2.87. The van der Waals surface area contributed by atoms with Crippen LogP contribution in [0, 0.1) is 27.7 Å². The third kappa shape index (κ3) is 3.85. The maximum atomic E-state index is 5.95. The first kappa shape index (κ1) is 15.6. The molecule has 0 radical (unpaired) electrons. The van der Waals surface area contributed by atoms with E-state index in [2.05, 4.69) is 57.3 Å². The summed E-state index contributed by atoms with van der Waals surface area (Å²) in [5, 5.41) is 3.38. The van der Waals surface area contributed by atoms with E-state index in [1.54, 1.807) is 0 Å². The second-order valence-corrected chi connectivity index (χ2v) is 5.78. The number of likely N-dealkylation sites (N-methyl/N-ethyl adjacent to an activating group) is 1. The van der Waals surface area contributed by atoms with E-state index < -0.39 is 0 Å². The van der Waals surface area contributed by atoms with Gasteiger partial charge in [0.15, 0.2) is 0 Å². The van der Waals surface area contributed by atoms with Crippen molar-refractivity contribution in [3.8, 4) is 5.75 Å². The monoisotopic (exact) mass is 283 g/mol. The highest BCUT2D eigenvalue weighted by Crippen LogP contribution is 2.24. The smallest absolute Gasteiger partial charge is 0.119 e. The van der Waals surface area contributed by atoms with Crippen molar-refractivity contribution in [1.29, 1.82) is 0 Å². The van der Waals surface area contributed by atoms with Crippen LogP contribution in [0.5, 0.6) is 5.75 Å². The van der Waals surface area contributed by atoms with Crippen LogP contribution in [-0.4, -0.2) is 13.7 Å². The second-order valence-electron chi connectivity index (χ2n) is 5.78. The maximum Gasteiger partial charge on any atom is 0.119 e. The van der Waals surface area contributed by atoms with Gasteiger partial charge in [-0.05, 0) is 63.6 Å². The molecule has 2 aromatic rings. The molecule has 0 saturated carbocycles. The number of rotatable bonds is 5. The van der Waals surface area contributed by atoms with Crippen molar-refractivity contribution in [3.05, 3.63) is 64.2 Å². The van der Waals surface area contributed by atoms with E-state index in [0.717, 1.165) is 5.75 Å². The van der Waals surface area contributed by atoms with Crippen LogP contribution in [0.15, 0.2) is 36.4 Å². The van der Waals surface area contributed by atoms with Crippen molar-refractivity contribution in [2.24, 2.45) is 0 Å². The second kappa shape index (κ2) is 6.77. The summed E-state index contributed by atoms with van der Waals surface area (Å²) in [6, 6.07) is 12.9. The molecule has 1 unspecified atom stereocenters. The van der Waals surface area contributed by atoms with Gasteiger partial charge < -0.3 is 10.1 Å². The number of aryl methyl sites for hydroxylation is 4. The zero-order chi connectivity index (χ0) is 15.4.